The van der Waals surface area contributed by atoms with E-state index in [4.69, 9.17) is 23.2 Å². The zero-order valence-electron chi connectivity index (χ0n) is 11.1. The molecule has 0 atom stereocenters. The lowest BCUT2D eigenvalue weighted by Gasteiger charge is -2.08. The molecule has 0 bridgehead atoms. The van der Waals surface area contributed by atoms with Gasteiger partial charge in [0.25, 0.3) is 0 Å². The average molecular weight is 298 g/mol. The van der Waals surface area contributed by atoms with Crippen LogP contribution in [0.5, 0.6) is 0 Å². The third-order valence-corrected chi connectivity index (χ3v) is 3.74. The fourth-order valence-corrected chi connectivity index (χ4v) is 2.40. The summed E-state index contributed by atoms with van der Waals surface area (Å²) in [5, 5.41) is 8.37. The molecule has 0 spiro atoms. The third kappa shape index (κ3) is 3.43. The normalized spacial score (nSPS) is 10.7. The Labute approximate surface area is 123 Å². The van der Waals surface area contributed by atoms with Gasteiger partial charge in [0, 0.05) is 18.6 Å². The van der Waals surface area contributed by atoms with E-state index in [1.807, 2.05) is 18.7 Å². The number of alkyl halides is 1. The van der Waals surface area contributed by atoms with Gasteiger partial charge >= 0.3 is 0 Å². The molecule has 0 aliphatic rings. The lowest BCUT2D eigenvalue weighted by molar-refractivity contribution is 0.713. The van der Waals surface area contributed by atoms with E-state index < -0.39 is 0 Å². The highest BCUT2D eigenvalue weighted by molar-refractivity contribution is 6.31. The molecule has 1 heterocycles. The van der Waals surface area contributed by atoms with Gasteiger partial charge < -0.3 is 5.32 Å². The number of nitrogens with zero attached hydrogens (tertiary/aromatic N) is 2. The molecule has 1 N–H and O–H groups in total. The van der Waals surface area contributed by atoms with Crippen molar-refractivity contribution < 1.29 is 0 Å². The van der Waals surface area contributed by atoms with E-state index in [9.17, 15) is 0 Å². The molecule has 5 heteroatoms. The molecule has 0 fully saturated rings. The highest BCUT2D eigenvalue weighted by Crippen LogP contribution is 2.20. The van der Waals surface area contributed by atoms with Crippen LogP contribution in [0.15, 0.2) is 24.3 Å². The van der Waals surface area contributed by atoms with Crippen molar-refractivity contribution in [3.63, 3.8) is 0 Å². The van der Waals surface area contributed by atoms with Gasteiger partial charge in [-0.3, -0.25) is 4.68 Å². The number of hydrogen-bond donors (Lipinski definition) is 1. The molecule has 0 amide bonds. The lowest BCUT2D eigenvalue weighted by atomic mass is 10.1. The van der Waals surface area contributed by atoms with Crippen molar-refractivity contribution in [1.29, 1.82) is 0 Å². The van der Waals surface area contributed by atoms with Crippen LogP contribution in [0.3, 0.4) is 0 Å². The summed E-state index contributed by atoms with van der Waals surface area (Å²) in [5.74, 6) is 0.649. The number of halogens is 2. The van der Waals surface area contributed by atoms with E-state index >= 15 is 0 Å². The molecule has 0 saturated heterocycles. The van der Waals surface area contributed by atoms with Gasteiger partial charge in [-0.15, -0.1) is 11.6 Å². The highest BCUT2D eigenvalue weighted by atomic mass is 35.5. The largest absolute Gasteiger partial charge is 0.379 e. The molecule has 0 saturated carbocycles. The number of anilines is 1. The molecule has 0 unspecified atom stereocenters. The van der Waals surface area contributed by atoms with Crippen LogP contribution in [-0.4, -0.2) is 15.7 Å². The summed E-state index contributed by atoms with van der Waals surface area (Å²) >= 11 is 11.9. The SMILES string of the molecule is Cc1nn(C)c(CNc2ccc(CCCl)cc2)c1Cl. The number of aryl methyl sites for hydroxylation is 3. The maximum Gasteiger partial charge on any atom is 0.0865 e. The predicted octanol–water partition coefficient (Wildman–Crippen LogP) is 3.78. The Hall–Kier alpha value is -1.19. The zero-order valence-corrected chi connectivity index (χ0v) is 12.6. The van der Waals surface area contributed by atoms with Crippen LogP contribution in [0.1, 0.15) is 17.0 Å². The predicted molar refractivity (Wildman–Crippen MR) is 81.1 cm³/mol. The summed E-state index contributed by atoms with van der Waals surface area (Å²) in [7, 11) is 1.90. The summed E-state index contributed by atoms with van der Waals surface area (Å²) in [6.07, 6.45) is 0.897. The second kappa shape index (κ2) is 6.31. The second-order valence-corrected chi connectivity index (χ2v) is 5.22. The third-order valence-electron chi connectivity index (χ3n) is 3.06. The first-order valence-electron chi connectivity index (χ1n) is 6.18. The number of rotatable bonds is 5. The van der Waals surface area contributed by atoms with Crippen molar-refractivity contribution in [3.8, 4) is 0 Å². The Balaban J connectivity index is 2.02. The quantitative estimate of drug-likeness (QED) is 0.851. The number of nitrogens with one attached hydrogen (secondary N) is 1. The standard InChI is InChI=1S/C14H17Cl2N3/c1-10-14(16)13(19(2)18-10)9-17-12-5-3-11(4-6-12)7-8-15/h3-6,17H,7-9H2,1-2H3. The van der Waals surface area contributed by atoms with Gasteiger partial charge in [-0.25, -0.2) is 0 Å². The van der Waals surface area contributed by atoms with E-state index in [0.29, 0.717) is 12.4 Å². The van der Waals surface area contributed by atoms with Crippen LogP contribution in [0, 0.1) is 6.92 Å². The molecule has 0 aliphatic heterocycles. The molecule has 3 nitrogen and oxygen atoms in total. The molecule has 0 aliphatic carbocycles. The van der Waals surface area contributed by atoms with E-state index in [1.165, 1.54) is 5.56 Å². The molecule has 1 aromatic carbocycles. The molecule has 1 aromatic heterocycles. The summed E-state index contributed by atoms with van der Waals surface area (Å²) in [4.78, 5) is 0. The number of benzene rings is 1. The highest BCUT2D eigenvalue weighted by Gasteiger charge is 2.10. The van der Waals surface area contributed by atoms with Crippen LogP contribution in [0.4, 0.5) is 5.69 Å². The second-order valence-electron chi connectivity index (χ2n) is 4.46. The van der Waals surface area contributed by atoms with Crippen LogP contribution in [0.2, 0.25) is 5.02 Å². The van der Waals surface area contributed by atoms with Crippen LogP contribution >= 0.6 is 23.2 Å². The van der Waals surface area contributed by atoms with E-state index in [1.54, 1.807) is 0 Å². The Morgan fingerprint density at radius 3 is 2.47 bits per heavy atom. The van der Waals surface area contributed by atoms with E-state index in [0.717, 1.165) is 28.5 Å². The smallest absolute Gasteiger partial charge is 0.0865 e. The maximum atomic E-state index is 6.21. The Morgan fingerprint density at radius 2 is 1.95 bits per heavy atom. The van der Waals surface area contributed by atoms with Gasteiger partial charge in [0.05, 0.1) is 23.0 Å². The monoisotopic (exact) mass is 297 g/mol. The summed E-state index contributed by atoms with van der Waals surface area (Å²) in [6.45, 7) is 2.57. The van der Waals surface area contributed by atoms with Crippen molar-refractivity contribution >= 4 is 28.9 Å². The number of aromatic nitrogens is 2. The Kier molecular flexibility index (Phi) is 4.72. The minimum atomic E-state index is 0.649. The lowest BCUT2D eigenvalue weighted by Crippen LogP contribution is -2.06. The van der Waals surface area contributed by atoms with Crippen molar-refractivity contribution in [2.45, 2.75) is 19.9 Å². The van der Waals surface area contributed by atoms with Gasteiger partial charge in [-0.1, -0.05) is 23.7 Å². The summed E-state index contributed by atoms with van der Waals surface area (Å²) < 4.78 is 1.81. The van der Waals surface area contributed by atoms with Crippen LogP contribution in [-0.2, 0) is 20.0 Å². The van der Waals surface area contributed by atoms with Crippen molar-refractivity contribution in [2.24, 2.45) is 7.05 Å². The molecule has 0 radical (unpaired) electrons. The minimum Gasteiger partial charge on any atom is -0.379 e. The minimum absolute atomic E-state index is 0.649. The van der Waals surface area contributed by atoms with Gasteiger partial charge in [-0.2, -0.15) is 5.10 Å². The summed E-state index contributed by atoms with van der Waals surface area (Å²) in [5.41, 5.74) is 4.16. The molecular weight excluding hydrogens is 281 g/mol. The van der Waals surface area contributed by atoms with Crippen molar-refractivity contribution in [2.75, 3.05) is 11.2 Å². The first-order chi connectivity index (χ1) is 9.11. The van der Waals surface area contributed by atoms with Gasteiger partial charge in [0.15, 0.2) is 0 Å². The van der Waals surface area contributed by atoms with Crippen molar-refractivity contribution in [3.05, 3.63) is 46.2 Å². The maximum absolute atomic E-state index is 6.21. The zero-order chi connectivity index (χ0) is 13.8. The summed E-state index contributed by atoms with van der Waals surface area (Å²) in [6, 6.07) is 8.28. The topological polar surface area (TPSA) is 29.9 Å². The molecule has 2 rings (SSSR count). The Bertz CT molecular complexity index is 547. The van der Waals surface area contributed by atoms with Gasteiger partial charge in [0.2, 0.25) is 0 Å². The van der Waals surface area contributed by atoms with Crippen LogP contribution in [0.25, 0.3) is 0 Å². The van der Waals surface area contributed by atoms with E-state index in [-0.39, 0.29) is 0 Å². The molecule has 102 valence electrons. The Morgan fingerprint density at radius 1 is 1.26 bits per heavy atom. The fraction of sp³-hybridized carbons (Fsp3) is 0.357. The first-order valence-corrected chi connectivity index (χ1v) is 7.10. The van der Waals surface area contributed by atoms with Crippen LogP contribution < -0.4 is 5.32 Å². The first kappa shape index (κ1) is 14.2. The van der Waals surface area contributed by atoms with Crippen molar-refractivity contribution in [1.82, 2.24) is 9.78 Å². The van der Waals surface area contributed by atoms with Gasteiger partial charge in [0.1, 0.15) is 0 Å². The molecular formula is C14H17Cl2N3. The average Bonchev–Trinajstić information content (AvgIpc) is 2.64. The molecule has 19 heavy (non-hydrogen) atoms. The van der Waals surface area contributed by atoms with Gasteiger partial charge in [-0.05, 0) is 31.0 Å². The fourth-order valence-electron chi connectivity index (χ4n) is 1.96. The molecule has 2 aromatic rings. The van der Waals surface area contributed by atoms with E-state index in [2.05, 4.69) is 34.7 Å². The number of hydrogen-bond acceptors (Lipinski definition) is 2.